The van der Waals surface area contributed by atoms with Crippen molar-refractivity contribution in [3.05, 3.63) is 35.6 Å². The first-order valence-corrected chi connectivity index (χ1v) is 7.45. The van der Waals surface area contributed by atoms with E-state index in [1.807, 2.05) is 5.43 Å². The Morgan fingerprint density at radius 3 is 2.50 bits per heavy atom. The van der Waals surface area contributed by atoms with Crippen molar-refractivity contribution in [2.45, 2.75) is 37.7 Å². The fourth-order valence-corrected chi connectivity index (χ4v) is 2.68. The number of hydrogen-bond donors (Lipinski definition) is 3. The highest BCUT2D eigenvalue weighted by atomic mass is 19.3. The number of carbonyl (C=O) groups is 2. The van der Waals surface area contributed by atoms with Gasteiger partial charge in [-0.15, -0.1) is 0 Å². The first kappa shape index (κ1) is 16.4. The largest absolute Gasteiger partial charge is 0.451 e. The van der Waals surface area contributed by atoms with Crippen molar-refractivity contribution in [1.29, 1.82) is 0 Å². The van der Waals surface area contributed by atoms with Crippen LogP contribution in [0.3, 0.4) is 0 Å². The first-order valence-electron chi connectivity index (χ1n) is 7.45. The molecule has 0 aliphatic heterocycles. The van der Waals surface area contributed by atoms with Gasteiger partial charge in [0, 0.05) is 10.9 Å². The highest BCUT2D eigenvalue weighted by Gasteiger charge is 2.61. The maximum absolute atomic E-state index is 13.9. The average molecular weight is 338 g/mol. The number of hydrazine groups is 1. The second-order valence-corrected chi connectivity index (χ2v) is 5.92. The zero-order valence-electron chi connectivity index (χ0n) is 12.9. The number of benzene rings is 1. The van der Waals surface area contributed by atoms with E-state index in [9.17, 15) is 23.5 Å². The summed E-state index contributed by atoms with van der Waals surface area (Å²) in [6.45, 7) is 1.65. The number of carbonyl (C=O) groups excluding carboxylic acids is 2. The number of halogens is 2. The molecule has 0 bridgehead atoms. The molecule has 3 rings (SSSR count). The summed E-state index contributed by atoms with van der Waals surface area (Å²) in [6, 6.07) is 6.92. The van der Waals surface area contributed by atoms with E-state index in [0.29, 0.717) is 23.0 Å². The molecule has 1 aliphatic rings. The van der Waals surface area contributed by atoms with Crippen LogP contribution in [0.4, 0.5) is 8.78 Å². The van der Waals surface area contributed by atoms with Gasteiger partial charge in [-0.2, -0.15) is 8.78 Å². The number of aryl methyl sites for hydroxylation is 1. The number of hydrogen-bond acceptors (Lipinski definition) is 4. The standard InChI is InChI=1S/C16H16F2N2O4/c1-9-10-5-2-3-6-11(10)24-12(9)13(21)19-20-14(22)16(17,18)15(23)7-4-8-15/h2-3,5-6,23H,4,7-8H2,1H3,(H,19,21)(H,20,22). The summed E-state index contributed by atoms with van der Waals surface area (Å²) in [7, 11) is 0. The molecule has 2 amide bonds. The number of amides is 2. The molecule has 0 spiro atoms. The lowest BCUT2D eigenvalue weighted by Gasteiger charge is -2.41. The van der Waals surface area contributed by atoms with Gasteiger partial charge in [-0.3, -0.25) is 20.4 Å². The van der Waals surface area contributed by atoms with Crippen molar-refractivity contribution in [3.8, 4) is 0 Å². The number of rotatable bonds is 3. The normalized spacial score (nSPS) is 16.5. The van der Waals surface area contributed by atoms with Gasteiger partial charge >= 0.3 is 17.7 Å². The van der Waals surface area contributed by atoms with E-state index in [0.717, 1.165) is 0 Å². The van der Waals surface area contributed by atoms with Crippen LogP contribution in [0.25, 0.3) is 11.0 Å². The fraction of sp³-hybridized carbons (Fsp3) is 0.375. The smallest absolute Gasteiger partial charge is 0.354 e. The highest BCUT2D eigenvalue weighted by Crippen LogP contribution is 2.44. The zero-order valence-corrected chi connectivity index (χ0v) is 12.9. The van der Waals surface area contributed by atoms with Crippen molar-refractivity contribution in [1.82, 2.24) is 10.9 Å². The minimum Gasteiger partial charge on any atom is -0.451 e. The van der Waals surface area contributed by atoms with Crippen molar-refractivity contribution >= 4 is 22.8 Å². The second-order valence-electron chi connectivity index (χ2n) is 5.92. The summed E-state index contributed by atoms with van der Waals surface area (Å²) < 4.78 is 33.2. The number of furan rings is 1. The third-order valence-corrected chi connectivity index (χ3v) is 4.39. The van der Waals surface area contributed by atoms with E-state index < -0.39 is 23.3 Å². The summed E-state index contributed by atoms with van der Waals surface area (Å²) >= 11 is 0. The van der Waals surface area contributed by atoms with Crippen LogP contribution < -0.4 is 10.9 Å². The number of nitrogens with one attached hydrogen (secondary N) is 2. The molecule has 1 heterocycles. The molecule has 8 heteroatoms. The van der Waals surface area contributed by atoms with Gasteiger partial charge in [0.15, 0.2) is 5.76 Å². The number of alkyl halides is 2. The van der Waals surface area contributed by atoms with Gasteiger partial charge < -0.3 is 9.52 Å². The van der Waals surface area contributed by atoms with E-state index in [1.54, 1.807) is 36.6 Å². The van der Waals surface area contributed by atoms with Crippen LogP contribution in [-0.2, 0) is 4.79 Å². The molecule has 0 atom stereocenters. The Morgan fingerprint density at radius 1 is 1.25 bits per heavy atom. The van der Waals surface area contributed by atoms with Gasteiger partial charge in [0.05, 0.1) is 0 Å². The molecule has 128 valence electrons. The van der Waals surface area contributed by atoms with Crippen LogP contribution in [0.5, 0.6) is 0 Å². The molecule has 1 fully saturated rings. The molecule has 0 radical (unpaired) electrons. The zero-order chi connectivity index (χ0) is 17.5. The lowest BCUT2D eigenvalue weighted by molar-refractivity contribution is -0.216. The van der Waals surface area contributed by atoms with Gasteiger partial charge in [-0.05, 0) is 32.3 Å². The monoisotopic (exact) mass is 338 g/mol. The lowest BCUT2D eigenvalue weighted by Crippen LogP contribution is -2.62. The molecule has 2 aromatic rings. The van der Waals surface area contributed by atoms with Crippen LogP contribution >= 0.6 is 0 Å². The van der Waals surface area contributed by atoms with Crippen molar-refractivity contribution < 1.29 is 27.9 Å². The van der Waals surface area contributed by atoms with Gasteiger partial charge in [0.25, 0.3) is 0 Å². The minimum absolute atomic E-state index is 0.0813. The lowest BCUT2D eigenvalue weighted by atomic mass is 9.75. The maximum atomic E-state index is 13.9. The fourth-order valence-electron chi connectivity index (χ4n) is 2.68. The molecule has 0 unspecified atom stereocenters. The van der Waals surface area contributed by atoms with Crippen LogP contribution in [0, 0.1) is 6.92 Å². The van der Waals surface area contributed by atoms with Gasteiger partial charge in [0.1, 0.15) is 11.2 Å². The average Bonchev–Trinajstić information content (AvgIpc) is 2.87. The Hall–Kier alpha value is -2.48. The quantitative estimate of drug-likeness (QED) is 0.747. The van der Waals surface area contributed by atoms with Crippen LogP contribution in [-0.4, -0.2) is 28.4 Å². The minimum atomic E-state index is -3.98. The van der Waals surface area contributed by atoms with E-state index in [2.05, 4.69) is 0 Å². The van der Waals surface area contributed by atoms with E-state index in [-0.39, 0.29) is 18.6 Å². The van der Waals surface area contributed by atoms with Gasteiger partial charge in [0.2, 0.25) is 0 Å². The summed E-state index contributed by atoms with van der Waals surface area (Å²) in [5.74, 6) is -6.68. The third-order valence-electron chi connectivity index (χ3n) is 4.39. The van der Waals surface area contributed by atoms with Crippen LogP contribution in [0.1, 0.15) is 35.4 Å². The van der Waals surface area contributed by atoms with E-state index in [1.165, 1.54) is 0 Å². The third kappa shape index (κ3) is 2.43. The predicted molar refractivity (Wildman–Crippen MR) is 80.3 cm³/mol. The Kier molecular flexibility index (Phi) is 3.79. The number of para-hydroxylation sites is 1. The molecule has 3 N–H and O–H groups in total. The van der Waals surface area contributed by atoms with Gasteiger partial charge in [-0.25, -0.2) is 0 Å². The van der Waals surface area contributed by atoms with Crippen LogP contribution in [0.2, 0.25) is 0 Å². The molecule has 6 nitrogen and oxygen atoms in total. The summed E-state index contributed by atoms with van der Waals surface area (Å²) in [5.41, 5.74) is 2.21. The first-order chi connectivity index (χ1) is 11.3. The second kappa shape index (κ2) is 5.55. The Labute approximate surface area is 135 Å². The molecule has 1 aromatic carbocycles. The van der Waals surface area contributed by atoms with E-state index >= 15 is 0 Å². The highest BCUT2D eigenvalue weighted by molar-refractivity contribution is 6.00. The number of fused-ring (bicyclic) bond motifs is 1. The molecule has 1 saturated carbocycles. The Bertz CT molecular complexity index is 812. The van der Waals surface area contributed by atoms with Crippen molar-refractivity contribution in [2.24, 2.45) is 0 Å². The maximum Gasteiger partial charge on any atom is 0.354 e. The predicted octanol–water partition coefficient (Wildman–Crippen LogP) is 2.05. The molecule has 1 aliphatic carbocycles. The Morgan fingerprint density at radius 2 is 1.92 bits per heavy atom. The SMILES string of the molecule is Cc1c(C(=O)NNC(=O)C(F)(F)C2(O)CCC2)oc2ccccc12. The van der Waals surface area contributed by atoms with Gasteiger partial charge in [-0.1, -0.05) is 18.2 Å². The molecule has 24 heavy (non-hydrogen) atoms. The number of aliphatic hydroxyl groups is 1. The molecular weight excluding hydrogens is 322 g/mol. The molecular formula is C16H16F2N2O4. The topological polar surface area (TPSA) is 91.6 Å². The summed E-state index contributed by atoms with van der Waals surface area (Å²) in [6.07, 6.45) is 0.0952. The van der Waals surface area contributed by atoms with Crippen LogP contribution in [0.15, 0.2) is 28.7 Å². The molecule has 0 saturated heterocycles. The Balaban J connectivity index is 1.71. The summed E-state index contributed by atoms with van der Waals surface area (Å²) in [5, 5.41) is 10.4. The van der Waals surface area contributed by atoms with Crippen molar-refractivity contribution in [2.75, 3.05) is 0 Å². The van der Waals surface area contributed by atoms with E-state index in [4.69, 9.17) is 4.42 Å². The summed E-state index contributed by atoms with van der Waals surface area (Å²) in [4.78, 5) is 23.7. The van der Waals surface area contributed by atoms with Crippen molar-refractivity contribution in [3.63, 3.8) is 0 Å². The molecule has 1 aromatic heterocycles.